The van der Waals surface area contributed by atoms with Gasteiger partial charge in [-0.2, -0.15) is 13.2 Å². The van der Waals surface area contributed by atoms with Crippen LogP contribution in [0.1, 0.15) is 42.1 Å². The van der Waals surface area contributed by atoms with Gasteiger partial charge in [-0.25, -0.2) is 9.78 Å². The van der Waals surface area contributed by atoms with Crippen LogP contribution >= 0.6 is 11.3 Å². The monoisotopic (exact) mass is 324 g/mol. The van der Waals surface area contributed by atoms with Gasteiger partial charge in [-0.15, -0.1) is 0 Å². The Bertz CT molecular complexity index is 542. The number of amides is 1. The smallest absolute Gasteiger partial charge is 0.471 e. The Balaban J connectivity index is 3.27. The van der Waals surface area contributed by atoms with E-state index >= 15 is 0 Å². The lowest BCUT2D eigenvalue weighted by Crippen LogP contribution is -2.46. The molecule has 1 aromatic rings. The number of aromatic carboxylic acids is 1. The SMILES string of the molecule is CCCC(C)N(C(=O)C(F)(F)F)c1nc(C)c(C(=O)O)s1. The van der Waals surface area contributed by atoms with Crippen LogP contribution in [-0.2, 0) is 4.79 Å². The number of rotatable bonds is 5. The second kappa shape index (κ2) is 6.42. The number of halogens is 3. The van der Waals surface area contributed by atoms with Gasteiger partial charge in [0.15, 0.2) is 5.13 Å². The Morgan fingerprint density at radius 3 is 2.38 bits per heavy atom. The van der Waals surface area contributed by atoms with Crippen LogP contribution in [0.3, 0.4) is 0 Å². The Morgan fingerprint density at radius 1 is 1.43 bits per heavy atom. The zero-order chi connectivity index (χ0) is 16.4. The molecule has 1 atom stereocenters. The third-order valence-electron chi connectivity index (χ3n) is 2.79. The average Bonchev–Trinajstić information content (AvgIpc) is 2.70. The summed E-state index contributed by atoms with van der Waals surface area (Å²) in [5, 5.41) is 8.70. The molecular formula is C12H15F3N2O3S. The molecule has 0 saturated heterocycles. The van der Waals surface area contributed by atoms with Gasteiger partial charge < -0.3 is 5.11 Å². The molecule has 0 aromatic carbocycles. The second-order valence-electron chi connectivity index (χ2n) is 4.53. The van der Waals surface area contributed by atoms with Gasteiger partial charge in [0.25, 0.3) is 0 Å². The number of aryl methyl sites for hydroxylation is 1. The number of carboxylic acid groups (broad SMARTS) is 1. The van der Waals surface area contributed by atoms with E-state index in [0.29, 0.717) is 29.1 Å². The van der Waals surface area contributed by atoms with Gasteiger partial charge in [0.1, 0.15) is 4.88 Å². The van der Waals surface area contributed by atoms with Crippen LogP contribution in [-0.4, -0.2) is 34.2 Å². The van der Waals surface area contributed by atoms with Crippen molar-refractivity contribution >= 4 is 28.3 Å². The highest BCUT2D eigenvalue weighted by molar-refractivity contribution is 7.17. The molecule has 5 nitrogen and oxygen atoms in total. The molecule has 0 radical (unpaired) electrons. The van der Waals surface area contributed by atoms with Crippen LogP contribution in [0.5, 0.6) is 0 Å². The number of nitrogens with zero attached hydrogens (tertiary/aromatic N) is 2. The maximum Gasteiger partial charge on any atom is 0.471 e. The second-order valence-corrected chi connectivity index (χ2v) is 5.50. The first-order valence-electron chi connectivity index (χ1n) is 6.20. The normalized spacial score (nSPS) is 13.0. The van der Waals surface area contributed by atoms with Crippen molar-refractivity contribution in [3.8, 4) is 0 Å². The summed E-state index contributed by atoms with van der Waals surface area (Å²) in [5.74, 6) is -3.31. The summed E-state index contributed by atoms with van der Waals surface area (Å²) in [6, 6.07) is -0.726. The quantitative estimate of drug-likeness (QED) is 0.902. The molecule has 0 aliphatic heterocycles. The van der Waals surface area contributed by atoms with Crippen molar-refractivity contribution < 1.29 is 27.9 Å². The van der Waals surface area contributed by atoms with Crippen LogP contribution in [0, 0.1) is 6.92 Å². The number of thiazole rings is 1. The predicted molar refractivity (Wildman–Crippen MR) is 71.7 cm³/mol. The topological polar surface area (TPSA) is 70.5 Å². The molecule has 1 amide bonds. The van der Waals surface area contributed by atoms with Gasteiger partial charge in [-0.3, -0.25) is 9.69 Å². The van der Waals surface area contributed by atoms with Gasteiger partial charge in [0, 0.05) is 6.04 Å². The number of anilines is 1. The molecule has 21 heavy (non-hydrogen) atoms. The minimum absolute atomic E-state index is 0.0890. The summed E-state index contributed by atoms with van der Waals surface area (Å²) < 4.78 is 38.2. The highest BCUT2D eigenvalue weighted by atomic mass is 32.1. The molecule has 1 rings (SSSR count). The van der Waals surface area contributed by atoms with Crippen molar-refractivity contribution in [3.05, 3.63) is 10.6 Å². The van der Waals surface area contributed by atoms with Gasteiger partial charge in [0.05, 0.1) is 5.69 Å². The highest BCUT2D eigenvalue weighted by Crippen LogP contribution is 2.32. The zero-order valence-corrected chi connectivity index (χ0v) is 12.5. The molecule has 0 aliphatic rings. The summed E-state index contributed by atoms with van der Waals surface area (Å²) in [6.45, 7) is 4.64. The van der Waals surface area contributed by atoms with E-state index in [2.05, 4.69) is 4.98 Å². The van der Waals surface area contributed by atoms with E-state index in [1.165, 1.54) is 13.8 Å². The minimum atomic E-state index is -5.04. The fourth-order valence-corrected chi connectivity index (χ4v) is 2.85. The van der Waals surface area contributed by atoms with E-state index in [-0.39, 0.29) is 15.7 Å². The van der Waals surface area contributed by atoms with Crippen molar-refractivity contribution in [2.45, 2.75) is 45.8 Å². The number of alkyl halides is 3. The molecule has 1 unspecified atom stereocenters. The van der Waals surface area contributed by atoms with Gasteiger partial charge in [-0.1, -0.05) is 24.7 Å². The molecule has 1 heterocycles. The lowest BCUT2D eigenvalue weighted by molar-refractivity contribution is -0.170. The number of carboxylic acids is 1. The van der Waals surface area contributed by atoms with Crippen molar-refractivity contribution in [2.24, 2.45) is 0 Å². The molecule has 1 N–H and O–H groups in total. The largest absolute Gasteiger partial charge is 0.477 e. The maximum atomic E-state index is 12.7. The predicted octanol–water partition coefficient (Wildman–Crippen LogP) is 3.23. The lowest BCUT2D eigenvalue weighted by atomic mass is 10.1. The van der Waals surface area contributed by atoms with Crippen LogP contribution in [0.2, 0.25) is 0 Å². The molecule has 0 bridgehead atoms. The first-order valence-corrected chi connectivity index (χ1v) is 7.02. The third kappa shape index (κ3) is 3.93. The first kappa shape index (κ1) is 17.4. The van der Waals surface area contributed by atoms with Gasteiger partial charge in [-0.05, 0) is 20.3 Å². The lowest BCUT2D eigenvalue weighted by Gasteiger charge is -2.27. The van der Waals surface area contributed by atoms with Crippen molar-refractivity contribution in [1.82, 2.24) is 4.98 Å². The third-order valence-corrected chi connectivity index (χ3v) is 3.94. The molecule has 118 valence electrons. The van der Waals surface area contributed by atoms with E-state index < -0.39 is 24.1 Å². The number of carbonyl (C=O) groups is 2. The van der Waals surface area contributed by atoms with Crippen LogP contribution < -0.4 is 4.90 Å². The Morgan fingerprint density at radius 2 is 2.00 bits per heavy atom. The van der Waals surface area contributed by atoms with E-state index in [0.717, 1.165) is 0 Å². The van der Waals surface area contributed by atoms with E-state index in [4.69, 9.17) is 5.11 Å². The van der Waals surface area contributed by atoms with Gasteiger partial charge in [0.2, 0.25) is 0 Å². The highest BCUT2D eigenvalue weighted by Gasteiger charge is 2.45. The molecule has 0 aliphatic carbocycles. The van der Waals surface area contributed by atoms with Crippen LogP contribution in [0.15, 0.2) is 0 Å². The molecule has 0 fully saturated rings. The first-order chi connectivity index (χ1) is 9.59. The van der Waals surface area contributed by atoms with Crippen molar-refractivity contribution in [2.75, 3.05) is 4.90 Å². The summed E-state index contributed by atoms with van der Waals surface area (Å²) in [7, 11) is 0. The standard InChI is InChI=1S/C12H15F3N2O3S/c1-4-5-6(2)17(10(20)12(13,14)15)11-16-7(3)8(21-11)9(18)19/h6H,4-5H2,1-3H3,(H,18,19). The van der Waals surface area contributed by atoms with Crippen LogP contribution in [0.25, 0.3) is 0 Å². The fourth-order valence-electron chi connectivity index (χ4n) is 1.84. The summed E-state index contributed by atoms with van der Waals surface area (Å²) in [6.07, 6.45) is -4.10. The van der Waals surface area contributed by atoms with Crippen molar-refractivity contribution in [3.63, 3.8) is 0 Å². The van der Waals surface area contributed by atoms with E-state index in [1.807, 2.05) is 0 Å². The van der Waals surface area contributed by atoms with Crippen molar-refractivity contribution in [1.29, 1.82) is 0 Å². The molecule has 0 spiro atoms. The molecule has 9 heteroatoms. The molecule has 0 saturated carbocycles. The molecular weight excluding hydrogens is 309 g/mol. The Kier molecular flexibility index (Phi) is 5.32. The maximum absolute atomic E-state index is 12.7. The fraction of sp³-hybridized carbons (Fsp3) is 0.583. The summed E-state index contributed by atoms with van der Waals surface area (Å²) in [4.78, 5) is 26.7. The van der Waals surface area contributed by atoms with E-state index in [9.17, 15) is 22.8 Å². The number of aromatic nitrogens is 1. The number of hydrogen-bond acceptors (Lipinski definition) is 4. The minimum Gasteiger partial charge on any atom is -0.477 e. The Hall–Kier alpha value is -1.64. The van der Waals surface area contributed by atoms with E-state index in [1.54, 1.807) is 6.92 Å². The zero-order valence-electron chi connectivity index (χ0n) is 11.7. The summed E-state index contributed by atoms with van der Waals surface area (Å²) >= 11 is 0.569. The molecule has 1 aromatic heterocycles. The van der Waals surface area contributed by atoms with Crippen LogP contribution in [0.4, 0.5) is 18.3 Å². The number of carbonyl (C=O) groups excluding carboxylic acids is 1. The Labute approximate surface area is 123 Å². The summed E-state index contributed by atoms with van der Waals surface area (Å²) in [5.41, 5.74) is 0.0890. The van der Waals surface area contributed by atoms with Gasteiger partial charge >= 0.3 is 18.1 Å². The number of hydrogen-bond donors (Lipinski definition) is 1. The average molecular weight is 324 g/mol.